The van der Waals surface area contributed by atoms with Crippen LogP contribution in [0.4, 0.5) is 11.5 Å². The predicted molar refractivity (Wildman–Crippen MR) is 143 cm³/mol. The molecule has 0 aliphatic heterocycles. The van der Waals surface area contributed by atoms with Gasteiger partial charge in [-0.15, -0.1) is 0 Å². The third kappa shape index (κ3) is 5.40. The van der Waals surface area contributed by atoms with E-state index in [2.05, 4.69) is 24.9 Å². The number of carbonyl (C=O) groups excluding carboxylic acids is 2. The van der Waals surface area contributed by atoms with E-state index in [0.717, 1.165) is 24.1 Å². The third-order valence-electron chi connectivity index (χ3n) is 6.27. The molecule has 0 amide bonds. The first-order valence-corrected chi connectivity index (χ1v) is 12.2. The minimum atomic E-state index is -0.256. The number of ether oxygens (including phenoxy) is 2. The van der Waals surface area contributed by atoms with Crippen molar-refractivity contribution in [3.63, 3.8) is 0 Å². The topological polar surface area (TPSA) is 121 Å². The minimum Gasteiger partial charge on any atom is -0.496 e. The number of hydrogen-bond donors (Lipinski definition) is 0. The summed E-state index contributed by atoms with van der Waals surface area (Å²) in [7, 11) is 3.27. The molecule has 0 N–H and O–H groups in total. The van der Waals surface area contributed by atoms with E-state index < -0.39 is 0 Å². The molecule has 192 valence electrons. The maximum atomic E-state index is 13.0. The standard InChI is InChI=1S/C28H26N6O4/c1-37-11-3-4-18-12-22-21(13-27(18)38-2)28(31-16-30-22)33-24-15-25(35)23(14-26(24)36)32-19-5-7-20(8-6-19)34-10-9-29-17-34/h5-10,12-13,16-17H,3-4,11,14-15H2,1-2H3. The molecule has 1 saturated carbocycles. The van der Waals surface area contributed by atoms with E-state index in [1.54, 1.807) is 38.9 Å². The molecule has 38 heavy (non-hydrogen) atoms. The summed E-state index contributed by atoms with van der Waals surface area (Å²) in [5, 5.41) is 0.644. The van der Waals surface area contributed by atoms with Gasteiger partial charge in [-0.2, -0.15) is 0 Å². The first-order chi connectivity index (χ1) is 18.6. The van der Waals surface area contributed by atoms with Crippen LogP contribution < -0.4 is 4.74 Å². The van der Waals surface area contributed by atoms with Crippen molar-refractivity contribution < 1.29 is 19.1 Å². The largest absolute Gasteiger partial charge is 0.496 e. The molecule has 2 aromatic heterocycles. The van der Waals surface area contributed by atoms with Gasteiger partial charge in [0.15, 0.2) is 17.4 Å². The fourth-order valence-corrected chi connectivity index (χ4v) is 4.30. The van der Waals surface area contributed by atoms with Gasteiger partial charge >= 0.3 is 0 Å². The fourth-order valence-electron chi connectivity index (χ4n) is 4.30. The molecule has 10 heteroatoms. The molecular weight excluding hydrogens is 484 g/mol. The van der Waals surface area contributed by atoms with E-state index in [0.29, 0.717) is 34.8 Å². The number of imidazole rings is 1. The molecule has 2 heterocycles. The average Bonchev–Trinajstić information content (AvgIpc) is 3.47. The van der Waals surface area contributed by atoms with Gasteiger partial charge in [-0.25, -0.2) is 24.9 Å². The summed E-state index contributed by atoms with van der Waals surface area (Å²) in [5.41, 5.74) is 3.58. The summed E-state index contributed by atoms with van der Waals surface area (Å²) in [6, 6.07) is 11.1. The number of aryl methyl sites for hydroxylation is 1. The summed E-state index contributed by atoms with van der Waals surface area (Å²) >= 11 is 0. The molecule has 0 bridgehead atoms. The van der Waals surface area contributed by atoms with Crippen molar-refractivity contribution in [2.45, 2.75) is 25.7 Å². The number of rotatable bonds is 8. The van der Waals surface area contributed by atoms with Crippen LogP contribution in [0, 0.1) is 0 Å². The zero-order valence-corrected chi connectivity index (χ0v) is 21.1. The quantitative estimate of drug-likeness (QED) is 0.326. The van der Waals surface area contributed by atoms with Crippen molar-refractivity contribution in [1.82, 2.24) is 19.5 Å². The molecule has 5 rings (SSSR count). The van der Waals surface area contributed by atoms with Crippen molar-refractivity contribution in [3.05, 3.63) is 67.0 Å². The van der Waals surface area contributed by atoms with E-state index >= 15 is 0 Å². The van der Waals surface area contributed by atoms with Gasteiger partial charge in [-0.3, -0.25) is 9.59 Å². The molecular formula is C28H26N6O4. The molecule has 0 radical (unpaired) electrons. The monoisotopic (exact) mass is 510 g/mol. The summed E-state index contributed by atoms with van der Waals surface area (Å²) < 4.78 is 12.6. The van der Waals surface area contributed by atoms with Gasteiger partial charge in [0.1, 0.15) is 12.1 Å². The van der Waals surface area contributed by atoms with Gasteiger partial charge in [0, 0.05) is 37.2 Å². The molecule has 0 spiro atoms. The predicted octanol–water partition coefficient (Wildman–Crippen LogP) is 4.18. The maximum Gasteiger partial charge on any atom is 0.183 e. The second-order valence-corrected chi connectivity index (χ2v) is 8.78. The molecule has 1 fully saturated rings. The highest BCUT2D eigenvalue weighted by molar-refractivity contribution is 6.61. The highest BCUT2D eigenvalue weighted by atomic mass is 16.5. The van der Waals surface area contributed by atoms with Crippen molar-refractivity contribution in [2.75, 3.05) is 20.8 Å². The Labute approximate surface area is 219 Å². The van der Waals surface area contributed by atoms with Crippen LogP contribution in [-0.4, -0.2) is 63.3 Å². The first-order valence-electron chi connectivity index (χ1n) is 12.2. The number of carbonyl (C=O) groups is 2. The van der Waals surface area contributed by atoms with Crippen LogP contribution in [0.15, 0.2) is 71.4 Å². The smallest absolute Gasteiger partial charge is 0.183 e. The van der Waals surface area contributed by atoms with Crippen LogP contribution in [0.5, 0.6) is 5.75 Å². The Morgan fingerprint density at radius 3 is 2.42 bits per heavy atom. The minimum absolute atomic E-state index is 0.114. The lowest BCUT2D eigenvalue weighted by molar-refractivity contribution is -0.116. The number of hydrogen-bond acceptors (Lipinski definition) is 9. The molecule has 0 saturated heterocycles. The van der Waals surface area contributed by atoms with Crippen molar-refractivity contribution in [1.29, 1.82) is 0 Å². The van der Waals surface area contributed by atoms with E-state index in [1.807, 2.05) is 35.0 Å². The summed E-state index contributed by atoms with van der Waals surface area (Å²) in [4.78, 5) is 47.5. The number of nitrogens with zero attached hydrogens (tertiary/aromatic N) is 6. The average molecular weight is 511 g/mol. The van der Waals surface area contributed by atoms with Crippen molar-refractivity contribution in [3.8, 4) is 11.4 Å². The molecule has 2 aromatic carbocycles. The van der Waals surface area contributed by atoms with Crippen LogP contribution in [0.1, 0.15) is 24.8 Å². The van der Waals surface area contributed by atoms with E-state index in [9.17, 15) is 9.59 Å². The Balaban J connectivity index is 1.38. The fraction of sp³-hybridized carbons (Fsp3) is 0.250. The Bertz CT molecular complexity index is 1540. The Morgan fingerprint density at radius 2 is 1.74 bits per heavy atom. The van der Waals surface area contributed by atoms with Crippen LogP contribution >= 0.6 is 0 Å². The van der Waals surface area contributed by atoms with E-state index in [4.69, 9.17) is 9.47 Å². The van der Waals surface area contributed by atoms with Gasteiger partial charge in [0.25, 0.3) is 0 Å². The Hall–Kier alpha value is -4.57. The summed E-state index contributed by atoms with van der Waals surface area (Å²) in [6.07, 6.45) is 7.99. The van der Waals surface area contributed by atoms with Crippen LogP contribution in [-0.2, 0) is 20.7 Å². The zero-order chi connectivity index (χ0) is 26.5. The van der Waals surface area contributed by atoms with E-state index in [1.165, 1.54) is 6.33 Å². The molecule has 1 aliphatic carbocycles. The molecule has 1 aliphatic rings. The number of benzene rings is 2. The van der Waals surface area contributed by atoms with Gasteiger partial charge < -0.3 is 14.0 Å². The second kappa shape index (κ2) is 11.2. The maximum absolute atomic E-state index is 13.0. The van der Waals surface area contributed by atoms with Gasteiger partial charge in [0.05, 0.1) is 48.9 Å². The first kappa shape index (κ1) is 25.1. The Kier molecular flexibility index (Phi) is 7.41. The highest BCUT2D eigenvalue weighted by Gasteiger charge is 2.29. The van der Waals surface area contributed by atoms with Gasteiger partial charge in [0.2, 0.25) is 0 Å². The number of Topliss-reactive ketones (excluding diaryl/α,β-unsaturated/α-hetero) is 2. The third-order valence-corrected chi connectivity index (χ3v) is 6.27. The highest BCUT2D eigenvalue weighted by Crippen LogP contribution is 2.31. The van der Waals surface area contributed by atoms with Gasteiger partial charge in [-0.05, 0) is 54.8 Å². The summed E-state index contributed by atoms with van der Waals surface area (Å²) in [5.74, 6) is 0.513. The van der Waals surface area contributed by atoms with E-state index in [-0.39, 0.29) is 35.8 Å². The lowest BCUT2D eigenvalue weighted by Crippen LogP contribution is -2.32. The van der Waals surface area contributed by atoms with Crippen LogP contribution in [0.2, 0.25) is 0 Å². The molecule has 0 atom stereocenters. The Morgan fingerprint density at radius 1 is 0.974 bits per heavy atom. The van der Waals surface area contributed by atoms with Crippen molar-refractivity contribution in [2.24, 2.45) is 9.98 Å². The number of ketones is 2. The number of methoxy groups -OCH3 is 2. The lowest BCUT2D eigenvalue weighted by atomic mass is 9.93. The molecule has 10 nitrogen and oxygen atoms in total. The summed E-state index contributed by atoms with van der Waals surface area (Å²) in [6.45, 7) is 0.641. The normalized spacial score (nSPS) is 16.1. The second-order valence-electron chi connectivity index (χ2n) is 8.78. The van der Waals surface area contributed by atoms with Crippen molar-refractivity contribution >= 4 is 45.4 Å². The lowest BCUT2D eigenvalue weighted by Gasteiger charge is -2.14. The van der Waals surface area contributed by atoms with Crippen LogP contribution in [0.3, 0.4) is 0 Å². The molecule has 0 unspecified atom stereocenters. The van der Waals surface area contributed by atoms with Crippen LogP contribution in [0.25, 0.3) is 16.6 Å². The number of aromatic nitrogens is 4. The van der Waals surface area contributed by atoms with Gasteiger partial charge in [-0.1, -0.05) is 0 Å². The number of aliphatic imine (C=N–C) groups is 2. The zero-order valence-electron chi connectivity index (χ0n) is 21.1. The number of fused-ring (bicyclic) bond motifs is 1. The SMILES string of the molecule is COCCCc1cc2ncnc(N=C3CC(=O)C(=Nc4ccc(-n5ccnc5)cc4)CC3=O)c2cc1OC. The molecule has 4 aromatic rings.